The zero-order valence-electron chi connectivity index (χ0n) is 10.2. The monoisotopic (exact) mass is 196 g/mol. The van der Waals surface area contributed by atoms with Crippen LogP contribution in [-0.2, 0) is 0 Å². The Morgan fingerprint density at radius 2 is 1.21 bits per heavy atom. The molecule has 0 fully saturated rings. The molecule has 0 heteroatoms. The van der Waals surface area contributed by atoms with Crippen LogP contribution >= 0.6 is 0 Å². The minimum Gasteiger partial charge on any atom is -0.0917 e. The van der Waals surface area contributed by atoms with Gasteiger partial charge in [-0.2, -0.15) is 0 Å². The summed E-state index contributed by atoms with van der Waals surface area (Å²) in [5.74, 6) is 0. The molecule has 0 spiro atoms. The van der Waals surface area contributed by atoms with Crippen LogP contribution in [0.3, 0.4) is 0 Å². The van der Waals surface area contributed by atoms with Crippen molar-refractivity contribution in [3.63, 3.8) is 0 Å². The molecule has 0 nitrogen and oxygen atoms in total. The second-order valence-electron chi connectivity index (χ2n) is 4.19. The normalized spacial score (nSPS) is 11.3. The van der Waals surface area contributed by atoms with E-state index >= 15 is 0 Å². The van der Waals surface area contributed by atoms with Crippen molar-refractivity contribution in [2.75, 3.05) is 0 Å². The minimum absolute atomic E-state index is 1.28. The zero-order valence-corrected chi connectivity index (χ0v) is 10.2. The maximum Gasteiger partial charge on any atom is -0.0351 e. The van der Waals surface area contributed by atoms with E-state index in [1.165, 1.54) is 64.2 Å². The van der Waals surface area contributed by atoms with Crippen LogP contribution < -0.4 is 0 Å². The summed E-state index contributed by atoms with van der Waals surface area (Å²) in [6.45, 7) is 4.38. The van der Waals surface area contributed by atoms with Gasteiger partial charge in [0.25, 0.3) is 0 Å². The van der Waals surface area contributed by atoms with Crippen molar-refractivity contribution in [1.29, 1.82) is 0 Å². The molecule has 0 saturated carbocycles. The molecule has 0 bridgehead atoms. The molecule has 0 atom stereocenters. The Balaban J connectivity index is 2.85. The molecule has 84 valence electrons. The number of hydrogen-bond donors (Lipinski definition) is 0. The van der Waals surface area contributed by atoms with Crippen molar-refractivity contribution < 1.29 is 0 Å². The maximum absolute atomic E-state index is 2.28. The molecule has 0 aliphatic rings. The van der Waals surface area contributed by atoms with Gasteiger partial charge in [-0.3, -0.25) is 0 Å². The van der Waals surface area contributed by atoms with E-state index < -0.39 is 0 Å². The van der Waals surface area contributed by atoms with Crippen LogP contribution in [0.4, 0.5) is 0 Å². The molecule has 0 aromatic rings. The molecule has 0 radical (unpaired) electrons. The van der Waals surface area contributed by atoms with Gasteiger partial charge in [0.2, 0.25) is 0 Å². The first-order valence-electron chi connectivity index (χ1n) is 6.53. The van der Waals surface area contributed by atoms with Crippen LogP contribution in [0.2, 0.25) is 0 Å². The minimum atomic E-state index is 1.28. The van der Waals surface area contributed by atoms with E-state index in [0.29, 0.717) is 0 Å². The summed E-state index contributed by atoms with van der Waals surface area (Å²) in [5, 5.41) is 0. The summed E-state index contributed by atoms with van der Waals surface area (Å²) in [6.07, 6.45) is 18.6. The maximum atomic E-state index is 2.28. The lowest BCUT2D eigenvalue weighted by molar-refractivity contribution is 0.566. The Kier molecular flexibility index (Phi) is 12.5. The number of unbranched alkanes of at least 4 members (excludes halogenated alkanes) is 9. The van der Waals surface area contributed by atoms with Gasteiger partial charge in [-0.05, 0) is 19.8 Å². The smallest absolute Gasteiger partial charge is 0.0351 e. The highest BCUT2D eigenvalue weighted by Crippen LogP contribution is 2.10. The largest absolute Gasteiger partial charge is 0.0917 e. The number of hydrogen-bond acceptors (Lipinski definition) is 0. The topological polar surface area (TPSA) is 0 Å². The Hall–Kier alpha value is -0.260. The Labute approximate surface area is 90.8 Å². The highest BCUT2D eigenvalue weighted by atomic mass is 14.0. The summed E-state index contributed by atoms with van der Waals surface area (Å²) in [6, 6.07) is 0. The van der Waals surface area contributed by atoms with Crippen molar-refractivity contribution in [2.45, 2.75) is 78.1 Å². The second-order valence-corrected chi connectivity index (χ2v) is 4.19. The fourth-order valence-electron chi connectivity index (χ4n) is 1.74. The van der Waals surface area contributed by atoms with Crippen molar-refractivity contribution >= 4 is 0 Å². The van der Waals surface area contributed by atoms with Gasteiger partial charge in [0, 0.05) is 0 Å². The Morgan fingerprint density at radius 1 is 0.714 bits per heavy atom. The molecule has 0 amide bonds. The number of allylic oxidation sites excluding steroid dienone is 2. The fourth-order valence-corrected chi connectivity index (χ4v) is 1.74. The van der Waals surface area contributed by atoms with Crippen LogP contribution in [0.1, 0.15) is 78.1 Å². The highest BCUT2D eigenvalue weighted by molar-refractivity contribution is 4.76. The van der Waals surface area contributed by atoms with Crippen molar-refractivity contribution in [3.05, 3.63) is 12.2 Å². The van der Waals surface area contributed by atoms with Crippen LogP contribution in [0, 0.1) is 0 Å². The van der Waals surface area contributed by atoms with E-state index in [2.05, 4.69) is 26.0 Å². The lowest BCUT2D eigenvalue weighted by Gasteiger charge is -2.00. The molecule has 0 saturated heterocycles. The van der Waals surface area contributed by atoms with E-state index in [4.69, 9.17) is 0 Å². The average molecular weight is 196 g/mol. The van der Waals surface area contributed by atoms with E-state index in [-0.39, 0.29) is 0 Å². The van der Waals surface area contributed by atoms with Gasteiger partial charge < -0.3 is 0 Å². The van der Waals surface area contributed by atoms with Crippen LogP contribution in [-0.4, -0.2) is 0 Å². The van der Waals surface area contributed by atoms with Gasteiger partial charge in [0.05, 0.1) is 0 Å². The molecule has 0 rings (SSSR count). The van der Waals surface area contributed by atoms with Crippen LogP contribution in [0.15, 0.2) is 12.2 Å². The SMILES string of the molecule is C/C=C\CCCCCCCCCCC. The summed E-state index contributed by atoms with van der Waals surface area (Å²) in [4.78, 5) is 0. The van der Waals surface area contributed by atoms with Gasteiger partial charge >= 0.3 is 0 Å². The van der Waals surface area contributed by atoms with Gasteiger partial charge in [0.1, 0.15) is 0 Å². The van der Waals surface area contributed by atoms with Gasteiger partial charge in [-0.25, -0.2) is 0 Å². The molecule has 0 N–H and O–H groups in total. The predicted molar refractivity (Wildman–Crippen MR) is 66.7 cm³/mol. The third-order valence-corrected chi connectivity index (χ3v) is 2.71. The molecule has 0 aromatic carbocycles. The summed E-state index contributed by atoms with van der Waals surface area (Å²) < 4.78 is 0. The van der Waals surface area contributed by atoms with E-state index in [1.54, 1.807) is 0 Å². The van der Waals surface area contributed by atoms with E-state index in [0.717, 1.165) is 0 Å². The highest BCUT2D eigenvalue weighted by Gasteiger charge is 1.90. The first-order valence-corrected chi connectivity index (χ1v) is 6.53. The summed E-state index contributed by atoms with van der Waals surface area (Å²) >= 11 is 0. The number of rotatable bonds is 10. The lowest BCUT2D eigenvalue weighted by Crippen LogP contribution is -1.80. The second kappa shape index (κ2) is 12.7. The van der Waals surface area contributed by atoms with Crippen molar-refractivity contribution in [3.8, 4) is 0 Å². The molecule has 0 aliphatic heterocycles. The van der Waals surface area contributed by atoms with E-state index in [9.17, 15) is 0 Å². The Morgan fingerprint density at radius 3 is 1.71 bits per heavy atom. The molecular formula is C14H28. The van der Waals surface area contributed by atoms with Crippen LogP contribution in [0.5, 0.6) is 0 Å². The predicted octanol–water partition coefficient (Wildman–Crippen LogP) is 5.48. The lowest BCUT2D eigenvalue weighted by atomic mass is 10.1. The summed E-state index contributed by atoms with van der Waals surface area (Å²) in [7, 11) is 0. The standard InChI is InChI=1S/C14H28/c1-3-5-7-9-11-13-14-12-10-8-6-4-2/h3,5H,4,6-14H2,1-2H3/b5-3-. The van der Waals surface area contributed by atoms with Crippen molar-refractivity contribution in [2.24, 2.45) is 0 Å². The van der Waals surface area contributed by atoms with Crippen LogP contribution in [0.25, 0.3) is 0 Å². The van der Waals surface area contributed by atoms with Crippen molar-refractivity contribution in [1.82, 2.24) is 0 Å². The first-order chi connectivity index (χ1) is 6.91. The fraction of sp³-hybridized carbons (Fsp3) is 0.857. The average Bonchev–Trinajstić information content (AvgIpc) is 2.21. The van der Waals surface area contributed by atoms with Gasteiger partial charge in [-0.1, -0.05) is 70.4 Å². The summed E-state index contributed by atoms with van der Waals surface area (Å²) in [5.41, 5.74) is 0. The van der Waals surface area contributed by atoms with Gasteiger partial charge in [0.15, 0.2) is 0 Å². The Bertz CT molecular complexity index is 113. The molecular weight excluding hydrogens is 168 g/mol. The quantitative estimate of drug-likeness (QED) is 0.320. The molecule has 14 heavy (non-hydrogen) atoms. The van der Waals surface area contributed by atoms with E-state index in [1.807, 2.05) is 0 Å². The molecule has 0 aromatic heterocycles. The first kappa shape index (κ1) is 13.7. The molecule has 0 aliphatic carbocycles. The molecule has 0 unspecified atom stereocenters. The zero-order chi connectivity index (χ0) is 10.5. The third-order valence-electron chi connectivity index (χ3n) is 2.71. The third kappa shape index (κ3) is 11.7. The van der Waals surface area contributed by atoms with Gasteiger partial charge in [-0.15, -0.1) is 0 Å². The molecule has 0 heterocycles.